The molecular formula is C16H17F2N3. The highest BCUT2D eigenvalue weighted by Gasteiger charge is 2.19. The van der Waals surface area contributed by atoms with Crippen molar-refractivity contribution < 1.29 is 8.78 Å². The Morgan fingerprint density at radius 3 is 2.14 bits per heavy atom. The second-order valence-corrected chi connectivity index (χ2v) is 5.13. The zero-order valence-electron chi connectivity index (χ0n) is 11.6. The highest BCUT2D eigenvalue weighted by Crippen LogP contribution is 2.24. The molecule has 110 valence electrons. The molecule has 21 heavy (non-hydrogen) atoms. The molecule has 0 saturated carbocycles. The standard InChI is InChI=1S/C16H17F2N3/c17-13-3-1-2-4-16(13)21-9-7-20(8-10-21)12-5-6-15(19)14(18)11-12/h1-6,11H,7-10,19H2. The first-order valence-electron chi connectivity index (χ1n) is 6.94. The van der Waals surface area contributed by atoms with Gasteiger partial charge in [-0.1, -0.05) is 12.1 Å². The Hall–Kier alpha value is -2.30. The molecule has 1 fully saturated rings. The summed E-state index contributed by atoms with van der Waals surface area (Å²) in [4.78, 5) is 4.10. The van der Waals surface area contributed by atoms with E-state index < -0.39 is 5.82 Å². The predicted molar refractivity (Wildman–Crippen MR) is 81.6 cm³/mol. The maximum absolute atomic E-state index is 13.8. The molecule has 0 aliphatic carbocycles. The molecule has 0 unspecified atom stereocenters. The molecule has 2 aromatic carbocycles. The summed E-state index contributed by atoms with van der Waals surface area (Å²) in [7, 11) is 0. The van der Waals surface area contributed by atoms with E-state index >= 15 is 0 Å². The van der Waals surface area contributed by atoms with Crippen LogP contribution in [0.5, 0.6) is 0 Å². The van der Waals surface area contributed by atoms with Crippen LogP contribution >= 0.6 is 0 Å². The lowest BCUT2D eigenvalue weighted by molar-refractivity contribution is 0.596. The van der Waals surface area contributed by atoms with Crippen LogP contribution in [0, 0.1) is 11.6 Å². The number of nitrogens with two attached hydrogens (primary N) is 1. The number of benzene rings is 2. The summed E-state index contributed by atoms with van der Waals surface area (Å²) in [6.07, 6.45) is 0. The number of piperazine rings is 1. The van der Waals surface area contributed by atoms with Crippen LogP contribution < -0.4 is 15.5 Å². The predicted octanol–water partition coefficient (Wildman–Crippen LogP) is 2.87. The summed E-state index contributed by atoms with van der Waals surface area (Å²) < 4.78 is 27.3. The third-order valence-corrected chi connectivity index (χ3v) is 3.82. The van der Waals surface area contributed by atoms with Gasteiger partial charge < -0.3 is 15.5 Å². The molecule has 3 nitrogen and oxygen atoms in total. The first kappa shape index (κ1) is 13.7. The minimum atomic E-state index is -0.399. The van der Waals surface area contributed by atoms with Crippen LogP contribution in [0.1, 0.15) is 0 Å². The normalized spacial score (nSPS) is 15.3. The van der Waals surface area contributed by atoms with E-state index in [9.17, 15) is 8.78 Å². The van der Waals surface area contributed by atoms with Crippen molar-refractivity contribution in [2.24, 2.45) is 0 Å². The van der Waals surface area contributed by atoms with Gasteiger partial charge in [0.1, 0.15) is 11.6 Å². The molecular weight excluding hydrogens is 272 g/mol. The Labute approximate surface area is 122 Å². The van der Waals surface area contributed by atoms with Crippen LogP contribution in [0.15, 0.2) is 42.5 Å². The van der Waals surface area contributed by atoms with Crippen molar-refractivity contribution in [3.05, 3.63) is 54.1 Å². The van der Waals surface area contributed by atoms with Gasteiger partial charge in [-0.2, -0.15) is 0 Å². The molecule has 2 aromatic rings. The van der Waals surface area contributed by atoms with Crippen molar-refractivity contribution in [2.45, 2.75) is 0 Å². The number of nitrogen functional groups attached to an aromatic ring is 1. The fourth-order valence-corrected chi connectivity index (χ4v) is 2.63. The molecule has 5 heteroatoms. The lowest BCUT2D eigenvalue weighted by atomic mass is 10.2. The van der Waals surface area contributed by atoms with Gasteiger partial charge in [-0.3, -0.25) is 0 Å². The third kappa shape index (κ3) is 2.77. The van der Waals surface area contributed by atoms with Crippen LogP contribution in [0.25, 0.3) is 0 Å². The van der Waals surface area contributed by atoms with E-state index in [2.05, 4.69) is 4.90 Å². The van der Waals surface area contributed by atoms with Crippen LogP contribution in [0.2, 0.25) is 0 Å². The first-order valence-corrected chi connectivity index (χ1v) is 6.94. The maximum Gasteiger partial charge on any atom is 0.148 e. The Morgan fingerprint density at radius 1 is 0.810 bits per heavy atom. The van der Waals surface area contributed by atoms with Crippen molar-refractivity contribution >= 4 is 17.1 Å². The molecule has 0 aromatic heterocycles. The summed E-state index contributed by atoms with van der Waals surface area (Å²) in [6, 6.07) is 11.6. The van der Waals surface area contributed by atoms with Gasteiger partial charge in [-0.15, -0.1) is 0 Å². The van der Waals surface area contributed by atoms with Crippen LogP contribution in [-0.4, -0.2) is 26.2 Å². The van der Waals surface area contributed by atoms with Gasteiger partial charge in [-0.05, 0) is 30.3 Å². The highest BCUT2D eigenvalue weighted by molar-refractivity contribution is 5.56. The average Bonchev–Trinajstić information content (AvgIpc) is 2.51. The summed E-state index contributed by atoms with van der Waals surface area (Å²) in [6.45, 7) is 2.84. The number of para-hydroxylation sites is 1. The van der Waals surface area contributed by atoms with Gasteiger partial charge in [0, 0.05) is 31.9 Å². The molecule has 1 heterocycles. The number of rotatable bonds is 2. The third-order valence-electron chi connectivity index (χ3n) is 3.82. The summed E-state index contributed by atoms with van der Waals surface area (Å²) in [5.74, 6) is -0.603. The molecule has 0 spiro atoms. The van der Waals surface area contributed by atoms with Gasteiger partial charge in [0.25, 0.3) is 0 Å². The molecule has 2 N–H and O–H groups in total. The summed E-state index contributed by atoms with van der Waals surface area (Å²) in [5, 5.41) is 0. The number of anilines is 3. The Morgan fingerprint density at radius 2 is 1.48 bits per heavy atom. The molecule has 1 saturated heterocycles. The summed E-state index contributed by atoms with van der Waals surface area (Å²) in [5.41, 5.74) is 7.09. The fraction of sp³-hybridized carbons (Fsp3) is 0.250. The first-order chi connectivity index (χ1) is 10.1. The quantitative estimate of drug-likeness (QED) is 0.863. The smallest absolute Gasteiger partial charge is 0.148 e. The second kappa shape index (κ2) is 5.60. The monoisotopic (exact) mass is 289 g/mol. The Balaban J connectivity index is 1.70. The maximum atomic E-state index is 13.8. The van der Waals surface area contributed by atoms with Crippen LogP contribution in [0.3, 0.4) is 0 Å². The largest absolute Gasteiger partial charge is 0.396 e. The van der Waals surface area contributed by atoms with Crippen molar-refractivity contribution in [3.63, 3.8) is 0 Å². The van der Waals surface area contributed by atoms with Gasteiger partial charge in [-0.25, -0.2) is 8.78 Å². The van der Waals surface area contributed by atoms with Gasteiger partial charge in [0.15, 0.2) is 0 Å². The van der Waals surface area contributed by atoms with E-state index in [1.54, 1.807) is 18.2 Å². The lowest BCUT2D eigenvalue weighted by Crippen LogP contribution is -2.46. The fourth-order valence-electron chi connectivity index (χ4n) is 2.63. The van der Waals surface area contributed by atoms with E-state index in [4.69, 9.17) is 5.73 Å². The Bertz CT molecular complexity index is 637. The second-order valence-electron chi connectivity index (χ2n) is 5.13. The Kier molecular flexibility index (Phi) is 3.64. The number of halogens is 2. The van der Waals surface area contributed by atoms with Gasteiger partial charge in [0.05, 0.1) is 11.4 Å². The number of hydrogen-bond acceptors (Lipinski definition) is 3. The topological polar surface area (TPSA) is 32.5 Å². The van der Waals surface area contributed by atoms with E-state index in [0.717, 1.165) is 18.8 Å². The van der Waals surface area contributed by atoms with Gasteiger partial charge in [0.2, 0.25) is 0 Å². The molecule has 3 rings (SSSR count). The molecule has 0 amide bonds. The van der Waals surface area contributed by atoms with Crippen molar-refractivity contribution in [2.75, 3.05) is 41.7 Å². The van der Waals surface area contributed by atoms with Gasteiger partial charge >= 0.3 is 0 Å². The van der Waals surface area contributed by atoms with E-state index in [1.165, 1.54) is 12.1 Å². The average molecular weight is 289 g/mol. The molecule has 0 bridgehead atoms. The van der Waals surface area contributed by atoms with Crippen LogP contribution in [0.4, 0.5) is 25.8 Å². The zero-order chi connectivity index (χ0) is 14.8. The van der Waals surface area contributed by atoms with Crippen molar-refractivity contribution in [1.82, 2.24) is 0 Å². The SMILES string of the molecule is Nc1ccc(N2CCN(c3ccccc3F)CC2)cc1F. The molecule has 0 atom stereocenters. The summed E-state index contributed by atoms with van der Waals surface area (Å²) >= 11 is 0. The molecule has 1 aliphatic rings. The van der Waals surface area contributed by atoms with Crippen LogP contribution in [-0.2, 0) is 0 Å². The zero-order valence-corrected chi connectivity index (χ0v) is 11.6. The number of nitrogens with zero attached hydrogens (tertiary/aromatic N) is 2. The van der Waals surface area contributed by atoms with Crippen molar-refractivity contribution in [3.8, 4) is 0 Å². The van der Waals surface area contributed by atoms with E-state index in [-0.39, 0.29) is 11.5 Å². The minimum absolute atomic E-state index is 0.156. The van der Waals surface area contributed by atoms with E-state index in [1.807, 2.05) is 17.0 Å². The molecule has 1 aliphatic heterocycles. The highest BCUT2D eigenvalue weighted by atomic mass is 19.1. The lowest BCUT2D eigenvalue weighted by Gasteiger charge is -2.37. The van der Waals surface area contributed by atoms with E-state index in [0.29, 0.717) is 18.8 Å². The number of hydrogen-bond donors (Lipinski definition) is 1. The van der Waals surface area contributed by atoms with Crippen molar-refractivity contribution in [1.29, 1.82) is 0 Å². The minimum Gasteiger partial charge on any atom is -0.396 e. The molecule has 0 radical (unpaired) electrons.